The van der Waals surface area contributed by atoms with Gasteiger partial charge in [-0.1, -0.05) is 6.92 Å². The zero-order chi connectivity index (χ0) is 7.49. The third-order valence-corrected chi connectivity index (χ3v) is 1.13. The van der Waals surface area contributed by atoms with Crippen molar-refractivity contribution in [2.45, 2.75) is 52.7 Å². The maximum absolute atomic E-state index is 5.59. The van der Waals surface area contributed by atoms with Gasteiger partial charge in [-0.25, -0.2) is 0 Å². The van der Waals surface area contributed by atoms with Gasteiger partial charge in [0.2, 0.25) is 0 Å². The van der Waals surface area contributed by atoms with Gasteiger partial charge in [0, 0.05) is 0 Å². The minimum absolute atomic E-state index is 0.0232. The van der Waals surface area contributed by atoms with Gasteiger partial charge in [0.15, 0.2) is 0 Å². The first-order valence-corrected chi connectivity index (χ1v) is 3.63. The summed E-state index contributed by atoms with van der Waals surface area (Å²) in [6.45, 7) is 10.5. The number of rotatable bonds is 2. The Morgan fingerprint density at radius 3 is 1.89 bits per heavy atom. The summed E-state index contributed by atoms with van der Waals surface area (Å²) in [7, 11) is 0. The summed E-state index contributed by atoms with van der Waals surface area (Å²) < 4.78 is 5.59. The fourth-order valence-corrected chi connectivity index (χ4v) is 0.687. The molecular formula is C8H18O. The second-order valence-electron chi connectivity index (χ2n) is 3.45. The van der Waals surface area contributed by atoms with Crippen LogP contribution < -0.4 is 0 Å². The van der Waals surface area contributed by atoms with Crippen molar-refractivity contribution in [3.8, 4) is 0 Å². The van der Waals surface area contributed by atoms with Crippen LogP contribution in [0.1, 0.15) is 41.0 Å². The summed E-state index contributed by atoms with van der Waals surface area (Å²) >= 11 is 0. The highest BCUT2D eigenvalue weighted by Gasteiger charge is 2.12. The first-order chi connectivity index (χ1) is 3.95. The molecule has 0 aliphatic rings. The van der Waals surface area contributed by atoms with Gasteiger partial charge >= 0.3 is 0 Å². The molecular weight excluding hydrogens is 112 g/mol. The fraction of sp³-hybridized carbons (Fsp3) is 1.00. The van der Waals surface area contributed by atoms with Crippen molar-refractivity contribution in [3.63, 3.8) is 0 Å². The molecule has 0 aromatic carbocycles. The average molecular weight is 130 g/mol. The van der Waals surface area contributed by atoms with Crippen molar-refractivity contribution in [3.05, 3.63) is 0 Å². The van der Waals surface area contributed by atoms with Crippen LogP contribution in [-0.4, -0.2) is 11.7 Å². The van der Waals surface area contributed by atoms with Gasteiger partial charge in [-0.15, -0.1) is 0 Å². The number of hydrogen-bond acceptors (Lipinski definition) is 1. The Morgan fingerprint density at radius 2 is 1.78 bits per heavy atom. The highest BCUT2D eigenvalue weighted by molar-refractivity contribution is 4.61. The lowest BCUT2D eigenvalue weighted by Gasteiger charge is -2.23. The molecule has 56 valence electrons. The topological polar surface area (TPSA) is 9.23 Å². The average Bonchev–Trinajstić information content (AvgIpc) is 1.62. The summed E-state index contributed by atoms with van der Waals surface area (Å²) in [6.07, 6.45) is 1.49. The molecule has 9 heavy (non-hydrogen) atoms. The van der Waals surface area contributed by atoms with Crippen LogP contribution in [-0.2, 0) is 4.74 Å². The van der Waals surface area contributed by atoms with E-state index in [1.54, 1.807) is 0 Å². The van der Waals surface area contributed by atoms with Crippen LogP contribution in [0.25, 0.3) is 0 Å². The lowest BCUT2D eigenvalue weighted by molar-refractivity contribution is -0.0521. The van der Waals surface area contributed by atoms with E-state index in [0.717, 1.165) is 6.42 Å². The predicted molar refractivity (Wildman–Crippen MR) is 40.6 cm³/mol. The first-order valence-electron chi connectivity index (χ1n) is 3.63. The molecule has 0 aliphatic heterocycles. The van der Waals surface area contributed by atoms with Crippen LogP contribution in [0.2, 0.25) is 0 Å². The Labute approximate surface area is 58.4 Å². The molecule has 0 unspecified atom stereocenters. The van der Waals surface area contributed by atoms with Gasteiger partial charge < -0.3 is 4.74 Å². The zero-order valence-corrected chi connectivity index (χ0v) is 7.19. The van der Waals surface area contributed by atoms with E-state index in [4.69, 9.17) is 4.74 Å². The van der Waals surface area contributed by atoms with Crippen molar-refractivity contribution in [1.82, 2.24) is 0 Å². The van der Waals surface area contributed by atoms with Gasteiger partial charge in [-0.3, -0.25) is 0 Å². The molecule has 0 aromatic heterocycles. The lowest BCUT2D eigenvalue weighted by atomic mass is 10.2. The predicted octanol–water partition coefficient (Wildman–Crippen LogP) is 2.60. The second kappa shape index (κ2) is 3.21. The van der Waals surface area contributed by atoms with Crippen LogP contribution in [0, 0.1) is 0 Å². The van der Waals surface area contributed by atoms with E-state index >= 15 is 0 Å². The van der Waals surface area contributed by atoms with Crippen molar-refractivity contribution in [2.75, 3.05) is 0 Å². The quantitative estimate of drug-likeness (QED) is 0.558. The van der Waals surface area contributed by atoms with E-state index in [1.165, 1.54) is 0 Å². The second-order valence-corrected chi connectivity index (χ2v) is 3.45. The molecule has 0 saturated carbocycles. The summed E-state index contributed by atoms with van der Waals surface area (Å²) in [5, 5.41) is 0. The van der Waals surface area contributed by atoms with Crippen molar-refractivity contribution in [1.29, 1.82) is 0 Å². The smallest absolute Gasteiger partial charge is 0.0602 e. The summed E-state index contributed by atoms with van der Waals surface area (Å²) in [5.74, 6) is 0. The van der Waals surface area contributed by atoms with Crippen molar-refractivity contribution in [2.24, 2.45) is 0 Å². The Kier molecular flexibility index (Phi) is 3.20. The normalized spacial score (nSPS) is 15.7. The fourth-order valence-electron chi connectivity index (χ4n) is 0.687. The monoisotopic (exact) mass is 130 g/mol. The minimum atomic E-state index is 0.0232. The minimum Gasteiger partial charge on any atom is -0.373 e. The van der Waals surface area contributed by atoms with Crippen LogP contribution in [0.5, 0.6) is 0 Å². The molecule has 0 fully saturated rings. The van der Waals surface area contributed by atoms with Gasteiger partial charge in [-0.05, 0) is 34.1 Å². The lowest BCUT2D eigenvalue weighted by Crippen LogP contribution is -2.24. The molecule has 0 N–H and O–H groups in total. The zero-order valence-electron chi connectivity index (χ0n) is 7.19. The maximum atomic E-state index is 5.59. The molecule has 0 bridgehead atoms. The maximum Gasteiger partial charge on any atom is 0.0602 e. The SMILES string of the molecule is CC[C@@H](C)OC(C)(C)C. The highest BCUT2D eigenvalue weighted by atomic mass is 16.5. The van der Waals surface area contributed by atoms with Crippen molar-refractivity contribution < 1.29 is 4.74 Å². The van der Waals surface area contributed by atoms with Gasteiger partial charge in [0.05, 0.1) is 11.7 Å². The van der Waals surface area contributed by atoms with Crippen LogP contribution in [0.4, 0.5) is 0 Å². The van der Waals surface area contributed by atoms with Crippen LogP contribution >= 0.6 is 0 Å². The molecule has 0 spiro atoms. The van der Waals surface area contributed by atoms with E-state index in [2.05, 4.69) is 34.6 Å². The third kappa shape index (κ3) is 5.84. The summed E-state index contributed by atoms with van der Waals surface area (Å²) in [6, 6.07) is 0. The number of ether oxygens (including phenoxy) is 1. The molecule has 1 nitrogen and oxygen atoms in total. The Hall–Kier alpha value is -0.0400. The molecule has 0 heterocycles. The van der Waals surface area contributed by atoms with E-state index in [9.17, 15) is 0 Å². The molecule has 0 aliphatic carbocycles. The largest absolute Gasteiger partial charge is 0.373 e. The molecule has 0 rings (SSSR count). The standard InChI is InChI=1S/C8H18O/c1-6-7(2)9-8(3,4)5/h7H,6H2,1-5H3/t7-/m1/s1. The first kappa shape index (κ1) is 8.96. The van der Waals surface area contributed by atoms with Gasteiger partial charge in [0.1, 0.15) is 0 Å². The van der Waals surface area contributed by atoms with Crippen LogP contribution in [0.15, 0.2) is 0 Å². The summed E-state index contributed by atoms with van der Waals surface area (Å²) in [5.41, 5.74) is 0.0232. The van der Waals surface area contributed by atoms with Gasteiger partial charge in [-0.2, -0.15) is 0 Å². The molecule has 0 radical (unpaired) electrons. The Morgan fingerprint density at radius 1 is 1.33 bits per heavy atom. The molecule has 0 aromatic rings. The third-order valence-electron chi connectivity index (χ3n) is 1.13. The van der Waals surface area contributed by atoms with Crippen LogP contribution in [0.3, 0.4) is 0 Å². The Balaban J connectivity index is 3.47. The molecule has 1 atom stereocenters. The molecule has 0 amide bonds. The highest BCUT2D eigenvalue weighted by Crippen LogP contribution is 2.11. The van der Waals surface area contributed by atoms with E-state index in [0.29, 0.717) is 6.10 Å². The summed E-state index contributed by atoms with van der Waals surface area (Å²) in [4.78, 5) is 0. The molecule has 1 heteroatoms. The Bertz CT molecular complexity index is 71.1. The van der Waals surface area contributed by atoms with Crippen molar-refractivity contribution >= 4 is 0 Å². The molecule has 0 saturated heterocycles. The van der Waals surface area contributed by atoms with E-state index < -0.39 is 0 Å². The van der Waals surface area contributed by atoms with E-state index in [1.807, 2.05) is 0 Å². The van der Waals surface area contributed by atoms with Gasteiger partial charge in [0.25, 0.3) is 0 Å². The van der Waals surface area contributed by atoms with E-state index in [-0.39, 0.29) is 5.60 Å². The number of hydrogen-bond donors (Lipinski definition) is 0.